The maximum atomic E-state index is 11.6. The van der Waals surface area contributed by atoms with E-state index in [4.69, 9.17) is 0 Å². The monoisotopic (exact) mass is 200 g/mol. The van der Waals surface area contributed by atoms with E-state index >= 15 is 0 Å². The van der Waals surface area contributed by atoms with Crippen LogP contribution >= 0.6 is 15.9 Å². The average molecular weight is 201 g/mol. The van der Waals surface area contributed by atoms with Crippen molar-refractivity contribution in [2.45, 2.75) is 13.3 Å². The number of Topliss-reactive ketones (excluding diaryl/α,β-unsaturated/α-hetero) is 1. The highest BCUT2D eigenvalue weighted by Gasteiger charge is 2.21. The van der Waals surface area contributed by atoms with Crippen LogP contribution in [0.1, 0.15) is 6.92 Å². The minimum atomic E-state index is -2.53. The Morgan fingerprint density at radius 3 is 2.22 bits per heavy atom. The van der Waals surface area contributed by atoms with E-state index in [0.717, 1.165) is 0 Å². The van der Waals surface area contributed by atoms with Crippen LogP contribution in [0, 0.1) is 5.92 Å². The summed E-state index contributed by atoms with van der Waals surface area (Å²) in [5, 5.41) is 0.0124. The molecule has 0 saturated carbocycles. The standard InChI is InChI=1S/C5H7BrF2O/c1-3(5(7)8)4(9)2-6/h3,5H,2H2,1H3. The minimum Gasteiger partial charge on any atom is -0.298 e. The Balaban J connectivity index is 3.72. The summed E-state index contributed by atoms with van der Waals surface area (Å²) in [6.45, 7) is 1.22. The molecule has 4 heteroatoms. The first-order chi connectivity index (χ1) is 4.09. The molecule has 0 aliphatic rings. The predicted molar refractivity (Wildman–Crippen MR) is 34.0 cm³/mol. The van der Waals surface area contributed by atoms with Gasteiger partial charge in [-0.05, 0) is 6.92 Å². The minimum absolute atomic E-state index is 0.0124. The summed E-state index contributed by atoms with van der Waals surface area (Å²) in [4.78, 5) is 10.4. The third-order valence-electron chi connectivity index (χ3n) is 1.02. The average Bonchev–Trinajstić information content (AvgIpc) is 1.84. The van der Waals surface area contributed by atoms with Crippen molar-refractivity contribution in [3.05, 3.63) is 0 Å². The van der Waals surface area contributed by atoms with Crippen LogP contribution in [-0.2, 0) is 4.79 Å². The van der Waals surface area contributed by atoms with Crippen LogP contribution < -0.4 is 0 Å². The molecular weight excluding hydrogens is 194 g/mol. The Hall–Kier alpha value is 0.01000. The molecule has 0 amide bonds. The number of hydrogen-bond acceptors (Lipinski definition) is 1. The Kier molecular flexibility index (Phi) is 3.93. The Labute approximate surface area is 60.6 Å². The molecule has 0 aliphatic heterocycles. The van der Waals surface area contributed by atoms with Crippen LogP contribution in [0.4, 0.5) is 8.78 Å². The van der Waals surface area contributed by atoms with Gasteiger partial charge < -0.3 is 0 Å². The highest BCUT2D eigenvalue weighted by Crippen LogP contribution is 2.10. The SMILES string of the molecule is CC(C(=O)CBr)C(F)F. The van der Waals surface area contributed by atoms with E-state index < -0.39 is 18.1 Å². The first kappa shape index (κ1) is 9.01. The van der Waals surface area contributed by atoms with Crippen molar-refractivity contribution in [1.82, 2.24) is 0 Å². The van der Waals surface area contributed by atoms with Gasteiger partial charge in [-0.25, -0.2) is 8.78 Å². The Bertz CT molecular complexity index is 105. The van der Waals surface area contributed by atoms with Crippen molar-refractivity contribution in [2.75, 3.05) is 5.33 Å². The molecule has 1 unspecified atom stereocenters. The van der Waals surface area contributed by atoms with Crippen molar-refractivity contribution in [3.63, 3.8) is 0 Å². The van der Waals surface area contributed by atoms with Crippen molar-refractivity contribution in [3.8, 4) is 0 Å². The number of hydrogen-bond donors (Lipinski definition) is 0. The molecule has 1 atom stereocenters. The van der Waals surface area contributed by atoms with Gasteiger partial charge in [0.25, 0.3) is 0 Å². The van der Waals surface area contributed by atoms with Crippen molar-refractivity contribution in [2.24, 2.45) is 5.92 Å². The van der Waals surface area contributed by atoms with E-state index in [-0.39, 0.29) is 5.33 Å². The summed E-state index contributed by atoms with van der Waals surface area (Å²) in [7, 11) is 0. The zero-order valence-corrected chi connectivity index (χ0v) is 6.49. The highest BCUT2D eigenvalue weighted by atomic mass is 79.9. The lowest BCUT2D eigenvalue weighted by atomic mass is 10.1. The molecule has 0 rings (SSSR count). The molecule has 0 aromatic heterocycles. The number of alkyl halides is 3. The van der Waals surface area contributed by atoms with Crippen LogP contribution in [0.25, 0.3) is 0 Å². The molecular formula is C5H7BrF2O. The summed E-state index contributed by atoms with van der Waals surface area (Å²) >= 11 is 2.80. The molecule has 54 valence electrons. The van der Waals surface area contributed by atoms with Crippen molar-refractivity contribution >= 4 is 21.7 Å². The maximum Gasteiger partial charge on any atom is 0.248 e. The van der Waals surface area contributed by atoms with Gasteiger partial charge in [0.05, 0.1) is 11.2 Å². The van der Waals surface area contributed by atoms with E-state index in [1.54, 1.807) is 0 Å². The maximum absolute atomic E-state index is 11.6. The topological polar surface area (TPSA) is 17.1 Å². The van der Waals surface area contributed by atoms with Crippen molar-refractivity contribution < 1.29 is 13.6 Å². The van der Waals surface area contributed by atoms with Gasteiger partial charge >= 0.3 is 0 Å². The van der Waals surface area contributed by atoms with Gasteiger partial charge in [-0.15, -0.1) is 0 Å². The molecule has 0 bridgehead atoms. The third-order valence-corrected chi connectivity index (χ3v) is 1.57. The molecule has 0 N–H and O–H groups in total. The lowest BCUT2D eigenvalue weighted by molar-refractivity contribution is -0.123. The Morgan fingerprint density at radius 1 is 1.67 bits per heavy atom. The fraction of sp³-hybridized carbons (Fsp3) is 0.800. The number of ketones is 1. The van der Waals surface area contributed by atoms with Gasteiger partial charge in [0, 0.05) is 0 Å². The fourth-order valence-electron chi connectivity index (χ4n) is 0.262. The summed E-state index contributed by atoms with van der Waals surface area (Å²) in [6.07, 6.45) is -2.53. The second-order valence-electron chi connectivity index (χ2n) is 1.72. The number of halogens is 3. The second-order valence-corrected chi connectivity index (χ2v) is 2.28. The fourth-order valence-corrected chi connectivity index (χ4v) is 0.773. The van der Waals surface area contributed by atoms with E-state index in [0.29, 0.717) is 0 Å². The molecule has 0 spiro atoms. The van der Waals surface area contributed by atoms with Crippen molar-refractivity contribution in [1.29, 1.82) is 0 Å². The molecule has 0 radical (unpaired) electrons. The quantitative estimate of drug-likeness (QED) is 0.636. The molecule has 0 fully saturated rings. The number of carbonyl (C=O) groups is 1. The van der Waals surface area contributed by atoms with Gasteiger partial charge in [-0.2, -0.15) is 0 Å². The van der Waals surface area contributed by atoms with Gasteiger partial charge in [0.15, 0.2) is 5.78 Å². The van der Waals surface area contributed by atoms with Crippen LogP contribution in [0.3, 0.4) is 0 Å². The lowest BCUT2D eigenvalue weighted by Gasteiger charge is -2.04. The largest absolute Gasteiger partial charge is 0.298 e. The zero-order chi connectivity index (χ0) is 7.44. The van der Waals surface area contributed by atoms with E-state index in [1.807, 2.05) is 0 Å². The first-order valence-corrected chi connectivity index (χ1v) is 3.58. The summed E-state index contributed by atoms with van der Waals surface area (Å²) in [5.74, 6) is -1.59. The van der Waals surface area contributed by atoms with E-state index in [2.05, 4.69) is 15.9 Å². The smallest absolute Gasteiger partial charge is 0.248 e. The normalized spacial score (nSPS) is 13.9. The number of rotatable bonds is 3. The second kappa shape index (κ2) is 3.93. The van der Waals surface area contributed by atoms with E-state index in [1.165, 1.54) is 6.92 Å². The van der Waals surface area contributed by atoms with Crippen LogP contribution in [0.2, 0.25) is 0 Å². The van der Waals surface area contributed by atoms with Crippen LogP contribution in [0.5, 0.6) is 0 Å². The highest BCUT2D eigenvalue weighted by molar-refractivity contribution is 9.09. The molecule has 1 nitrogen and oxygen atoms in total. The molecule has 0 aromatic carbocycles. The molecule has 9 heavy (non-hydrogen) atoms. The zero-order valence-electron chi connectivity index (χ0n) is 4.90. The van der Waals surface area contributed by atoms with Gasteiger partial charge in [-0.3, -0.25) is 4.79 Å². The van der Waals surface area contributed by atoms with Gasteiger partial charge in [0.1, 0.15) is 0 Å². The van der Waals surface area contributed by atoms with E-state index in [9.17, 15) is 13.6 Å². The molecule has 0 aliphatic carbocycles. The predicted octanol–water partition coefficient (Wildman–Crippen LogP) is 1.85. The molecule has 0 aromatic rings. The van der Waals surface area contributed by atoms with Gasteiger partial charge in [-0.1, -0.05) is 15.9 Å². The number of carbonyl (C=O) groups excluding carboxylic acids is 1. The van der Waals surface area contributed by atoms with Crippen LogP contribution in [-0.4, -0.2) is 17.5 Å². The third kappa shape index (κ3) is 2.89. The lowest BCUT2D eigenvalue weighted by Crippen LogP contribution is -2.19. The summed E-state index contributed by atoms with van der Waals surface area (Å²) < 4.78 is 23.2. The summed E-state index contributed by atoms with van der Waals surface area (Å²) in [6, 6.07) is 0. The summed E-state index contributed by atoms with van der Waals surface area (Å²) in [5.41, 5.74) is 0. The van der Waals surface area contributed by atoms with Gasteiger partial charge in [0.2, 0.25) is 6.43 Å². The first-order valence-electron chi connectivity index (χ1n) is 2.46. The molecule has 0 saturated heterocycles. The molecule has 0 heterocycles. The Morgan fingerprint density at radius 2 is 2.11 bits per heavy atom. The van der Waals surface area contributed by atoms with Crippen LogP contribution in [0.15, 0.2) is 0 Å².